The zero-order valence-electron chi connectivity index (χ0n) is 12.9. The second-order valence-corrected chi connectivity index (χ2v) is 4.60. The van der Waals surface area contributed by atoms with Gasteiger partial charge in [0.25, 0.3) is 0 Å². The van der Waals surface area contributed by atoms with Crippen molar-refractivity contribution in [1.29, 1.82) is 0 Å². The molecule has 0 unspecified atom stereocenters. The highest BCUT2D eigenvalue weighted by Gasteiger charge is 2.04. The topological polar surface area (TPSA) is 71.4 Å². The molecule has 2 rings (SSSR count). The Morgan fingerprint density at radius 3 is 2.73 bits per heavy atom. The molecule has 6 heteroatoms. The Morgan fingerprint density at radius 2 is 2.00 bits per heavy atom. The van der Waals surface area contributed by atoms with Crippen molar-refractivity contribution in [3.63, 3.8) is 0 Å². The third-order valence-corrected chi connectivity index (χ3v) is 3.11. The fourth-order valence-corrected chi connectivity index (χ4v) is 2.00. The molecule has 0 bridgehead atoms. The number of aromatic nitrogens is 2. The summed E-state index contributed by atoms with van der Waals surface area (Å²) >= 11 is 0. The van der Waals surface area contributed by atoms with Crippen molar-refractivity contribution in [2.45, 2.75) is 13.0 Å². The number of hydrogen-bond acceptors (Lipinski definition) is 4. The maximum absolute atomic E-state index is 5.23. The Kier molecular flexibility index (Phi) is 6.17. The number of rotatable bonds is 6. The highest BCUT2D eigenvalue weighted by atomic mass is 16.5. The maximum atomic E-state index is 5.23. The summed E-state index contributed by atoms with van der Waals surface area (Å²) in [6.45, 7) is 1.36. The van der Waals surface area contributed by atoms with Crippen LogP contribution < -0.4 is 15.4 Å². The normalized spacial score (nSPS) is 11.1. The lowest BCUT2D eigenvalue weighted by Crippen LogP contribution is -2.38. The molecule has 2 aromatic rings. The van der Waals surface area contributed by atoms with E-state index in [0.717, 1.165) is 30.2 Å². The summed E-state index contributed by atoms with van der Waals surface area (Å²) in [5, 5.41) is 6.51. The maximum Gasteiger partial charge on any atom is 0.218 e. The van der Waals surface area contributed by atoms with Crippen molar-refractivity contribution in [3.05, 3.63) is 54.0 Å². The molecule has 0 radical (unpaired) electrons. The molecule has 0 spiro atoms. The number of hydrogen-bond donors (Lipinski definition) is 2. The van der Waals surface area contributed by atoms with E-state index in [2.05, 4.69) is 25.6 Å². The van der Waals surface area contributed by atoms with Crippen molar-refractivity contribution in [2.24, 2.45) is 4.99 Å². The van der Waals surface area contributed by atoms with E-state index in [4.69, 9.17) is 4.74 Å². The van der Waals surface area contributed by atoms with Crippen LogP contribution in [0.3, 0.4) is 0 Å². The molecule has 2 aromatic heterocycles. The average Bonchev–Trinajstić information content (AvgIpc) is 2.59. The highest BCUT2D eigenvalue weighted by Crippen LogP contribution is 2.12. The Balaban J connectivity index is 1.80. The third-order valence-electron chi connectivity index (χ3n) is 3.11. The first-order chi connectivity index (χ1) is 10.8. The van der Waals surface area contributed by atoms with Crippen molar-refractivity contribution in [1.82, 2.24) is 20.6 Å². The lowest BCUT2D eigenvalue weighted by molar-refractivity contribution is 0.392. The molecular formula is C16H21N5O. The first-order valence-corrected chi connectivity index (χ1v) is 7.16. The number of aliphatic imine (C=N–C) groups is 1. The van der Waals surface area contributed by atoms with Gasteiger partial charge in [0.1, 0.15) is 0 Å². The second kappa shape index (κ2) is 8.61. The molecule has 22 heavy (non-hydrogen) atoms. The van der Waals surface area contributed by atoms with Crippen molar-refractivity contribution in [2.75, 3.05) is 20.7 Å². The molecule has 0 fully saturated rings. The molecule has 2 heterocycles. The number of guanidine groups is 1. The molecule has 0 aliphatic heterocycles. The highest BCUT2D eigenvalue weighted by molar-refractivity contribution is 5.79. The molecular weight excluding hydrogens is 278 g/mol. The molecule has 0 amide bonds. The van der Waals surface area contributed by atoms with Gasteiger partial charge in [-0.15, -0.1) is 0 Å². The Labute approximate surface area is 130 Å². The predicted octanol–water partition coefficient (Wildman–Crippen LogP) is 1.39. The van der Waals surface area contributed by atoms with Crippen LogP contribution in [-0.4, -0.2) is 36.6 Å². The fourth-order valence-electron chi connectivity index (χ4n) is 2.00. The van der Waals surface area contributed by atoms with Crippen LogP contribution in [0.2, 0.25) is 0 Å². The molecule has 2 N–H and O–H groups in total. The molecule has 0 aliphatic rings. The van der Waals surface area contributed by atoms with Crippen LogP contribution in [0.1, 0.15) is 11.3 Å². The average molecular weight is 299 g/mol. The molecule has 6 nitrogen and oxygen atoms in total. The van der Waals surface area contributed by atoms with Crippen LogP contribution in [0.15, 0.2) is 47.7 Å². The Morgan fingerprint density at radius 1 is 1.14 bits per heavy atom. The van der Waals surface area contributed by atoms with Gasteiger partial charge < -0.3 is 15.4 Å². The third kappa shape index (κ3) is 4.73. The summed E-state index contributed by atoms with van der Waals surface area (Å²) in [5.41, 5.74) is 2.04. The predicted molar refractivity (Wildman–Crippen MR) is 86.9 cm³/mol. The molecule has 0 saturated heterocycles. The standard InChI is InChI=1S/C16H21N5O/c1-17-16(20-11-8-14-7-3-4-9-18-14)21-12-13-6-5-10-19-15(13)22-2/h3-7,9-10H,8,11-12H2,1-2H3,(H2,17,20,21). The zero-order chi connectivity index (χ0) is 15.6. The summed E-state index contributed by atoms with van der Waals surface area (Å²) in [4.78, 5) is 12.7. The monoisotopic (exact) mass is 299 g/mol. The van der Waals surface area contributed by atoms with Crippen molar-refractivity contribution in [3.8, 4) is 5.88 Å². The lowest BCUT2D eigenvalue weighted by atomic mass is 10.2. The van der Waals surface area contributed by atoms with E-state index < -0.39 is 0 Å². The van der Waals surface area contributed by atoms with Crippen molar-refractivity contribution < 1.29 is 4.74 Å². The summed E-state index contributed by atoms with van der Waals surface area (Å²) in [5.74, 6) is 1.36. The summed E-state index contributed by atoms with van der Waals surface area (Å²) in [7, 11) is 3.36. The number of nitrogens with one attached hydrogen (secondary N) is 2. The number of pyridine rings is 2. The van der Waals surface area contributed by atoms with Gasteiger partial charge in [-0.05, 0) is 18.2 Å². The van der Waals surface area contributed by atoms with E-state index in [1.165, 1.54) is 0 Å². The zero-order valence-corrected chi connectivity index (χ0v) is 12.9. The number of nitrogens with zero attached hydrogens (tertiary/aromatic N) is 3. The fraction of sp³-hybridized carbons (Fsp3) is 0.312. The van der Waals surface area contributed by atoms with Gasteiger partial charge >= 0.3 is 0 Å². The Bertz CT molecular complexity index is 600. The van der Waals surface area contributed by atoms with Crippen LogP contribution in [0, 0.1) is 0 Å². The van der Waals surface area contributed by atoms with E-state index in [1.54, 1.807) is 26.6 Å². The first-order valence-electron chi connectivity index (χ1n) is 7.16. The quantitative estimate of drug-likeness (QED) is 0.623. The second-order valence-electron chi connectivity index (χ2n) is 4.60. The van der Waals surface area contributed by atoms with Gasteiger partial charge in [-0.3, -0.25) is 9.98 Å². The van der Waals surface area contributed by atoms with Crippen LogP contribution in [0.5, 0.6) is 5.88 Å². The minimum atomic E-state index is 0.597. The first kappa shape index (κ1) is 15.8. The Hall–Kier alpha value is -2.63. The van der Waals surface area contributed by atoms with E-state index in [9.17, 15) is 0 Å². The van der Waals surface area contributed by atoms with Gasteiger partial charge in [-0.25, -0.2) is 4.98 Å². The minimum absolute atomic E-state index is 0.597. The van der Waals surface area contributed by atoms with Gasteiger partial charge in [0, 0.05) is 50.2 Å². The van der Waals surface area contributed by atoms with Gasteiger partial charge in [-0.2, -0.15) is 0 Å². The summed E-state index contributed by atoms with van der Waals surface area (Å²) in [6.07, 6.45) is 4.36. The molecule has 0 aromatic carbocycles. The largest absolute Gasteiger partial charge is 0.481 e. The van der Waals surface area contributed by atoms with Crippen LogP contribution in [-0.2, 0) is 13.0 Å². The van der Waals surface area contributed by atoms with E-state index in [0.29, 0.717) is 12.4 Å². The van der Waals surface area contributed by atoms with Gasteiger partial charge in [0.05, 0.1) is 7.11 Å². The van der Waals surface area contributed by atoms with Crippen LogP contribution in [0.4, 0.5) is 0 Å². The van der Waals surface area contributed by atoms with Crippen LogP contribution in [0.25, 0.3) is 0 Å². The van der Waals surface area contributed by atoms with E-state index >= 15 is 0 Å². The smallest absolute Gasteiger partial charge is 0.218 e. The van der Waals surface area contributed by atoms with E-state index in [1.807, 2.05) is 30.3 Å². The summed E-state index contributed by atoms with van der Waals surface area (Å²) in [6, 6.07) is 9.78. The van der Waals surface area contributed by atoms with Gasteiger partial charge in [0.15, 0.2) is 5.96 Å². The van der Waals surface area contributed by atoms with Gasteiger partial charge in [0.2, 0.25) is 5.88 Å². The number of ether oxygens (including phenoxy) is 1. The number of methoxy groups -OCH3 is 1. The minimum Gasteiger partial charge on any atom is -0.481 e. The molecule has 0 atom stereocenters. The molecule has 0 saturated carbocycles. The van der Waals surface area contributed by atoms with Crippen LogP contribution >= 0.6 is 0 Å². The van der Waals surface area contributed by atoms with Crippen molar-refractivity contribution >= 4 is 5.96 Å². The van der Waals surface area contributed by atoms with Gasteiger partial charge in [-0.1, -0.05) is 12.1 Å². The molecule has 116 valence electrons. The van der Waals surface area contributed by atoms with E-state index in [-0.39, 0.29) is 0 Å². The lowest BCUT2D eigenvalue weighted by Gasteiger charge is -2.13. The SMILES string of the molecule is CN=C(NCCc1ccccn1)NCc1cccnc1OC. The summed E-state index contributed by atoms with van der Waals surface area (Å²) < 4.78 is 5.23. The molecule has 0 aliphatic carbocycles.